The third-order valence-electron chi connectivity index (χ3n) is 6.24. The molecule has 1 unspecified atom stereocenters. The molecule has 1 saturated heterocycles. The summed E-state index contributed by atoms with van der Waals surface area (Å²) in [4.78, 5) is 14.9. The van der Waals surface area contributed by atoms with Crippen molar-refractivity contribution in [2.75, 3.05) is 6.54 Å². The van der Waals surface area contributed by atoms with Crippen LogP contribution in [0.1, 0.15) is 54.7 Å². The monoisotopic (exact) mass is 353 g/mol. The SMILES string of the molecule is O=c1cc2c(nn1CC1CCCN1Cc1cc3n(n1)CCCC3)CCC2. The molecule has 3 aliphatic rings. The minimum absolute atomic E-state index is 0.0648. The lowest BCUT2D eigenvalue weighted by Crippen LogP contribution is -2.37. The van der Waals surface area contributed by atoms with E-state index in [1.165, 1.54) is 30.7 Å². The fourth-order valence-corrected chi connectivity index (χ4v) is 4.84. The van der Waals surface area contributed by atoms with E-state index in [-0.39, 0.29) is 5.56 Å². The Morgan fingerprint density at radius 3 is 2.88 bits per heavy atom. The second-order valence-electron chi connectivity index (χ2n) is 8.06. The van der Waals surface area contributed by atoms with Gasteiger partial charge in [-0.1, -0.05) is 0 Å². The van der Waals surface area contributed by atoms with Gasteiger partial charge in [0.05, 0.1) is 17.9 Å². The zero-order valence-corrected chi connectivity index (χ0v) is 15.4. The molecule has 1 atom stereocenters. The number of hydrogen-bond donors (Lipinski definition) is 0. The summed E-state index contributed by atoms with van der Waals surface area (Å²) < 4.78 is 3.90. The number of aryl methyl sites for hydroxylation is 4. The number of likely N-dealkylation sites (tertiary alicyclic amines) is 1. The van der Waals surface area contributed by atoms with Crippen LogP contribution in [0.15, 0.2) is 16.9 Å². The van der Waals surface area contributed by atoms with Gasteiger partial charge < -0.3 is 0 Å². The highest BCUT2D eigenvalue weighted by molar-refractivity contribution is 5.22. The first-order valence-electron chi connectivity index (χ1n) is 10.2. The molecule has 0 aromatic carbocycles. The van der Waals surface area contributed by atoms with Gasteiger partial charge in [0.2, 0.25) is 0 Å². The molecule has 2 aliphatic heterocycles. The summed E-state index contributed by atoms with van der Waals surface area (Å²) in [6.45, 7) is 3.75. The van der Waals surface area contributed by atoms with E-state index in [1.807, 2.05) is 6.07 Å². The lowest BCUT2D eigenvalue weighted by Gasteiger charge is -2.24. The second-order valence-corrected chi connectivity index (χ2v) is 8.06. The minimum Gasteiger partial charge on any atom is -0.293 e. The summed E-state index contributed by atoms with van der Waals surface area (Å²) in [5.74, 6) is 0. The minimum atomic E-state index is 0.0648. The van der Waals surface area contributed by atoms with Crippen LogP contribution in [0.5, 0.6) is 0 Å². The number of rotatable bonds is 4. The molecule has 2 aromatic heterocycles. The van der Waals surface area contributed by atoms with Crippen LogP contribution >= 0.6 is 0 Å². The molecule has 0 bridgehead atoms. The molecule has 5 rings (SSSR count). The standard InChI is InChI=1S/C20H27N5O/c26-20-11-15-5-3-8-19(15)22-25(20)14-18-7-4-9-23(18)13-16-12-17-6-1-2-10-24(17)21-16/h11-12,18H,1-10,13-14H2. The summed E-state index contributed by atoms with van der Waals surface area (Å²) >= 11 is 0. The molecule has 4 heterocycles. The Morgan fingerprint density at radius 2 is 1.96 bits per heavy atom. The highest BCUT2D eigenvalue weighted by Crippen LogP contribution is 2.23. The van der Waals surface area contributed by atoms with E-state index in [0.717, 1.165) is 63.0 Å². The summed E-state index contributed by atoms with van der Waals surface area (Å²) in [7, 11) is 0. The Kier molecular flexibility index (Phi) is 4.15. The zero-order chi connectivity index (χ0) is 17.5. The smallest absolute Gasteiger partial charge is 0.267 e. The fourth-order valence-electron chi connectivity index (χ4n) is 4.84. The molecular weight excluding hydrogens is 326 g/mol. The van der Waals surface area contributed by atoms with Gasteiger partial charge in [-0.3, -0.25) is 14.4 Å². The molecule has 0 N–H and O–H groups in total. The van der Waals surface area contributed by atoms with E-state index in [2.05, 4.69) is 20.7 Å². The molecule has 1 fully saturated rings. The first kappa shape index (κ1) is 16.2. The quantitative estimate of drug-likeness (QED) is 0.843. The van der Waals surface area contributed by atoms with Crippen LogP contribution in [-0.4, -0.2) is 37.0 Å². The van der Waals surface area contributed by atoms with Gasteiger partial charge >= 0.3 is 0 Å². The number of fused-ring (bicyclic) bond motifs is 2. The maximum Gasteiger partial charge on any atom is 0.267 e. The van der Waals surface area contributed by atoms with E-state index < -0.39 is 0 Å². The molecule has 0 spiro atoms. The van der Waals surface area contributed by atoms with Crippen molar-refractivity contribution in [1.29, 1.82) is 0 Å². The van der Waals surface area contributed by atoms with Gasteiger partial charge in [-0.15, -0.1) is 0 Å². The van der Waals surface area contributed by atoms with Crippen molar-refractivity contribution in [1.82, 2.24) is 24.5 Å². The third kappa shape index (κ3) is 3.00. The third-order valence-corrected chi connectivity index (χ3v) is 6.24. The molecule has 6 nitrogen and oxygen atoms in total. The Balaban J connectivity index is 1.32. The molecular formula is C20H27N5O. The number of hydrogen-bond acceptors (Lipinski definition) is 4. The van der Waals surface area contributed by atoms with Crippen molar-refractivity contribution in [3.8, 4) is 0 Å². The highest BCUT2D eigenvalue weighted by atomic mass is 16.1. The van der Waals surface area contributed by atoms with Crippen LogP contribution in [0.4, 0.5) is 0 Å². The Hall–Kier alpha value is -1.95. The van der Waals surface area contributed by atoms with Crippen molar-refractivity contribution in [2.24, 2.45) is 0 Å². The van der Waals surface area contributed by atoms with Crippen molar-refractivity contribution in [3.63, 3.8) is 0 Å². The van der Waals surface area contributed by atoms with Crippen molar-refractivity contribution < 1.29 is 0 Å². The van der Waals surface area contributed by atoms with Crippen LogP contribution < -0.4 is 5.56 Å². The normalized spacial score (nSPS) is 22.5. The van der Waals surface area contributed by atoms with Gasteiger partial charge in [-0.2, -0.15) is 10.2 Å². The maximum atomic E-state index is 12.4. The zero-order valence-electron chi connectivity index (χ0n) is 15.4. The lowest BCUT2D eigenvalue weighted by atomic mass is 10.1. The Morgan fingerprint density at radius 1 is 1.00 bits per heavy atom. The summed E-state index contributed by atoms with van der Waals surface area (Å²) in [5, 5.41) is 9.48. The predicted molar refractivity (Wildman–Crippen MR) is 99.1 cm³/mol. The van der Waals surface area contributed by atoms with Crippen LogP contribution in [0, 0.1) is 0 Å². The second kappa shape index (κ2) is 6.65. The van der Waals surface area contributed by atoms with Crippen LogP contribution in [-0.2, 0) is 38.9 Å². The number of nitrogens with zero attached hydrogens (tertiary/aromatic N) is 5. The molecule has 6 heteroatoms. The van der Waals surface area contributed by atoms with Crippen molar-refractivity contribution >= 4 is 0 Å². The van der Waals surface area contributed by atoms with E-state index >= 15 is 0 Å². The maximum absolute atomic E-state index is 12.4. The first-order chi connectivity index (χ1) is 12.8. The largest absolute Gasteiger partial charge is 0.293 e. The molecule has 0 radical (unpaired) electrons. The van der Waals surface area contributed by atoms with E-state index in [0.29, 0.717) is 12.6 Å². The predicted octanol–water partition coefficient (Wildman–Crippen LogP) is 1.93. The molecule has 138 valence electrons. The van der Waals surface area contributed by atoms with E-state index in [9.17, 15) is 4.79 Å². The van der Waals surface area contributed by atoms with Gasteiger partial charge in [0.1, 0.15) is 0 Å². The van der Waals surface area contributed by atoms with Crippen molar-refractivity contribution in [2.45, 2.75) is 77.0 Å². The average molecular weight is 353 g/mol. The Labute approximate surface area is 153 Å². The van der Waals surface area contributed by atoms with Gasteiger partial charge in [0.25, 0.3) is 5.56 Å². The molecule has 2 aromatic rings. The summed E-state index contributed by atoms with van der Waals surface area (Å²) in [6, 6.07) is 4.49. The van der Waals surface area contributed by atoms with Gasteiger partial charge in [-0.25, -0.2) is 4.68 Å². The van der Waals surface area contributed by atoms with Gasteiger partial charge in [0.15, 0.2) is 0 Å². The van der Waals surface area contributed by atoms with Gasteiger partial charge in [-0.05, 0) is 69.5 Å². The van der Waals surface area contributed by atoms with E-state index in [4.69, 9.17) is 5.10 Å². The van der Waals surface area contributed by atoms with Crippen LogP contribution in [0.2, 0.25) is 0 Å². The van der Waals surface area contributed by atoms with Crippen LogP contribution in [0.25, 0.3) is 0 Å². The lowest BCUT2D eigenvalue weighted by molar-refractivity contribution is 0.213. The molecule has 26 heavy (non-hydrogen) atoms. The van der Waals surface area contributed by atoms with Crippen molar-refractivity contribution in [3.05, 3.63) is 45.1 Å². The summed E-state index contributed by atoms with van der Waals surface area (Å²) in [6.07, 6.45) is 9.18. The summed E-state index contributed by atoms with van der Waals surface area (Å²) in [5.41, 5.74) is 4.94. The molecule has 0 saturated carbocycles. The van der Waals surface area contributed by atoms with Gasteiger partial charge in [0, 0.05) is 30.9 Å². The highest BCUT2D eigenvalue weighted by Gasteiger charge is 2.27. The molecule has 1 aliphatic carbocycles. The number of aromatic nitrogens is 4. The van der Waals surface area contributed by atoms with Crippen LogP contribution in [0.3, 0.4) is 0 Å². The molecule has 0 amide bonds. The average Bonchev–Trinajstić information content (AvgIpc) is 3.35. The topological polar surface area (TPSA) is 56.0 Å². The fraction of sp³-hybridized carbons (Fsp3) is 0.650. The van der Waals surface area contributed by atoms with E-state index in [1.54, 1.807) is 4.68 Å². The first-order valence-corrected chi connectivity index (χ1v) is 10.2. The Bertz CT molecular complexity index is 844.